The van der Waals surface area contributed by atoms with Gasteiger partial charge in [-0.05, 0) is 20.3 Å². The van der Waals surface area contributed by atoms with Crippen molar-refractivity contribution in [2.75, 3.05) is 11.9 Å². The minimum Gasteiger partial charge on any atom is -0.426 e. The number of ether oxygens (including phenoxy) is 2. The molecule has 0 fully saturated rings. The molecule has 0 bridgehead atoms. The molecule has 4 N–H and O–H groups in total. The average Bonchev–Trinajstić information content (AvgIpc) is 2.53. The van der Waals surface area contributed by atoms with Crippen LogP contribution in [0.4, 0.5) is 10.5 Å². The van der Waals surface area contributed by atoms with Gasteiger partial charge in [0.1, 0.15) is 11.5 Å². The Morgan fingerprint density at radius 1 is 1.04 bits per heavy atom. The predicted molar refractivity (Wildman–Crippen MR) is 96.7 cm³/mol. The van der Waals surface area contributed by atoms with Gasteiger partial charge in [-0.3, -0.25) is 20.3 Å². The van der Waals surface area contributed by atoms with Gasteiger partial charge in [0.15, 0.2) is 5.96 Å². The lowest BCUT2D eigenvalue weighted by Crippen LogP contribution is -2.42. The van der Waals surface area contributed by atoms with E-state index in [4.69, 9.17) is 14.9 Å². The van der Waals surface area contributed by atoms with Crippen molar-refractivity contribution in [2.45, 2.75) is 41.0 Å². The van der Waals surface area contributed by atoms with Gasteiger partial charge in [0.25, 0.3) is 0 Å². The number of amides is 2. The van der Waals surface area contributed by atoms with Crippen LogP contribution >= 0.6 is 0 Å². The molecule has 142 valence electrons. The highest BCUT2D eigenvalue weighted by molar-refractivity contribution is 6.02. The molecular formula is C17H24N4O5. The van der Waals surface area contributed by atoms with Crippen molar-refractivity contribution in [2.24, 2.45) is 0 Å². The van der Waals surface area contributed by atoms with E-state index in [1.54, 1.807) is 13.8 Å². The standard InChI is InChI=1S/C17H24N4O5/c1-6-7-19-16(18)21-17(24)20-15-9(2)13(25-11(4)22)8-14(10(15)3)26-12(5)23/h8H,6-7H2,1-5H3,(H4,18,19,20,21,24). The molecule has 9 nitrogen and oxygen atoms in total. The number of carbonyl (C=O) groups is 3. The lowest BCUT2D eigenvalue weighted by atomic mass is 10.1. The summed E-state index contributed by atoms with van der Waals surface area (Å²) < 4.78 is 10.2. The highest BCUT2D eigenvalue weighted by Gasteiger charge is 2.19. The number of guanidine groups is 1. The number of anilines is 1. The first kappa shape index (κ1) is 20.9. The highest BCUT2D eigenvalue weighted by Crippen LogP contribution is 2.36. The van der Waals surface area contributed by atoms with Crippen molar-refractivity contribution in [1.29, 1.82) is 5.41 Å². The molecule has 0 aliphatic rings. The van der Waals surface area contributed by atoms with Crippen LogP contribution in [-0.4, -0.2) is 30.5 Å². The maximum absolute atomic E-state index is 12.1. The van der Waals surface area contributed by atoms with Crippen LogP contribution in [0.25, 0.3) is 0 Å². The Morgan fingerprint density at radius 2 is 1.54 bits per heavy atom. The average molecular weight is 364 g/mol. The van der Waals surface area contributed by atoms with Crippen LogP contribution in [0.3, 0.4) is 0 Å². The third kappa shape index (κ3) is 6.08. The Hall–Kier alpha value is -3.10. The van der Waals surface area contributed by atoms with Gasteiger partial charge < -0.3 is 20.1 Å². The fraction of sp³-hybridized carbons (Fsp3) is 0.412. The number of urea groups is 1. The van der Waals surface area contributed by atoms with Crippen LogP contribution < -0.4 is 25.4 Å². The zero-order valence-corrected chi connectivity index (χ0v) is 15.5. The fourth-order valence-corrected chi connectivity index (χ4v) is 2.12. The van der Waals surface area contributed by atoms with E-state index in [-0.39, 0.29) is 17.5 Å². The Kier molecular flexibility index (Phi) is 7.57. The highest BCUT2D eigenvalue weighted by atomic mass is 16.5. The lowest BCUT2D eigenvalue weighted by molar-refractivity contribution is -0.132. The third-order valence-electron chi connectivity index (χ3n) is 3.29. The second kappa shape index (κ2) is 9.40. The first-order valence-electron chi connectivity index (χ1n) is 8.07. The fourth-order valence-electron chi connectivity index (χ4n) is 2.12. The second-order valence-corrected chi connectivity index (χ2v) is 5.57. The second-order valence-electron chi connectivity index (χ2n) is 5.57. The van der Waals surface area contributed by atoms with Gasteiger partial charge >= 0.3 is 18.0 Å². The van der Waals surface area contributed by atoms with Gasteiger partial charge in [0.2, 0.25) is 0 Å². The molecular weight excluding hydrogens is 340 g/mol. The summed E-state index contributed by atoms with van der Waals surface area (Å²) in [5, 5.41) is 15.3. The maximum Gasteiger partial charge on any atom is 0.326 e. The molecule has 1 aromatic rings. The smallest absolute Gasteiger partial charge is 0.326 e. The van der Waals surface area contributed by atoms with Crippen molar-refractivity contribution >= 4 is 29.6 Å². The van der Waals surface area contributed by atoms with Crippen LogP contribution in [0.5, 0.6) is 11.5 Å². The Balaban J connectivity index is 3.14. The molecule has 2 amide bonds. The molecule has 26 heavy (non-hydrogen) atoms. The van der Waals surface area contributed by atoms with Crippen molar-refractivity contribution in [1.82, 2.24) is 10.6 Å². The monoisotopic (exact) mass is 364 g/mol. The van der Waals surface area contributed by atoms with Gasteiger partial charge in [-0.25, -0.2) is 4.79 Å². The Morgan fingerprint density at radius 3 is 1.96 bits per heavy atom. The first-order valence-corrected chi connectivity index (χ1v) is 8.07. The third-order valence-corrected chi connectivity index (χ3v) is 3.29. The molecule has 1 rings (SSSR count). The van der Waals surface area contributed by atoms with Gasteiger partial charge in [-0.2, -0.15) is 0 Å². The lowest BCUT2D eigenvalue weighted by Gasteiger charge is -2.18. The van der Waals surface area contributed by atoms with E-state index in [0.717, 1.165) is 6.42 Å². The molecule has 0 aliphatic carbocycles. The summed E-state index contributed by atoms with van der Waals surface area (Å²) in [5.74, 6) is -0.919. The number of hydrogen-bond donors (Lipinski definition) is 4. The quantitative estimate of drug-likeness (QED) is 0.274. The number of rotatable bonds is 5. The maximum atomic E-state index is 12.1. The topological polar surface area (TPSA) is 130 Å². The minimum absolute atomic E-state index is 0.143. The van der Waals surface area contributed by atoms with E-state index in [1.807, 2.05) is 6.92 Å². The summed E-state index contributed by atoms with van der Waals surface area (Å²) in [6.07, 6.45) is 0.806. The van der Waals surface area contributed by atoms with E-state index in [1.165, 1.54) is 19.9 Å². The Labute approximate surface area is 151 Å². The number of hydrogen-bond acceptors (Lipinski definition) is 6. The van der Waals surface area contributed by atoms with Crippen molar-refractivity contribution in [3.63, 3.8) is 0 Å². The molecule has 0 saturated carbocycles. The van der Waals surface area contributed by atoms with Crippen molar-refractivity contribution in [3.05, 3.63) is 17.2 Å². The van der Waals surface area contributed by atoms with Crippen LogP contribution in [-0.2, 0) is 9.59 Å². The predicted octanol–water partition coefficient (Wildman–Crippen LogP) is 2.21. The molecule has 1 aromatic carbocycles. The zero-order valence-electron chi connectivity index (χ0n) is 15.5. The molecule has 0 heterocycles. The molecule has 0 spiro atoms. The van der Waals surface area contributed by atoms with Gasteiger partial charge in [0.05, 0.1) is 5.69 Å². The summed E-state index contributed by atoms with van der Waals surface area (Å²) in [6, 6.07) is 0.764. The van der Waals surface area contributed by atoms with E-state index in [9.17, 15) is 14.4 Å². The van der Waals surface area contributed by atoms with E-state index >= 15 is 0 Å². The summed E-state index contributed by atoms with van der Waals surface area (Å²) >= 11 is 0. The molecule has 0 radical (unpaired) electrons. The summed E-state index contributed by atoms with van der Waals surface area (Å²) in [4.78, 5) is 34.7. The summed E-state index contributed by atoms with van der Waals surface area (Å²) in [7, 11) is 0. The van der Waals surface area contributed by atoms with Gasteiger partial charge in [-0.15, -0.1) is 0 Å². The van der Waals surface area contributed by atoms with Crippen LogP contribution in [0, 0.1) is 19.3 Å². The van der Waals surface area contributed by atoms with Crippen LogP contribution in [0.1, 0.15) is 38.3 Å². The van der Waals surface area contributed by atoms with E-state index in [0.29, 0.717) is 23.4 Å². The molecule has 9 heteroatoms. The van der Waals surface area contributed by atoms with E-state index < -0.39 is 18.0 Å². The van der Waals surface area contributed by atoms with Crippen LogP contribution in [0.2, 0.25) is 0 Å². The molecule has 0 unspecified atom stereocenters. The van der Waals surface area contributed by atoms with E-state index in [2.05, 4.69) is 16.0 Å². The molecule has 0 atom stereocenters. The van der Waals surface area contributed by atoms with Gasteiger partial charge in [-0.1, -0.05) is 6.92 Å². The zero-order chi connectivity index (χ0) is 19.9. The van der Waals surface area contributed by atoms with Crippen molar-refractivity contribution in [3.8, 4) is 11.5 Å². The molecule has 0 aliphatic heterocycles. The van der Waals surface area contributed by atoms with Crippen molar-refractivity contribution < 1.29 is 23.9 Å². The van der Waals surface area contributed by atoms with Gasteiger partial charge in [0, 0.05) is 37.6 Å². The molecule has 0 saturated heterocycles. The number of benzene rings is 1. The number of carbonyl (C=O) groups excluding carboxylic acids is 3. The van der Waals surface area contributed by atoms with Crippen LogP contribution in [0.15, 0.2) is 6.07 Å². The number of esters is 2. The summed E-state index contributed by atoms with van der Waals surface area (Å²) in [5.41, 5.74) is 1.29. The largest absolute Gasteiger partial charge is 0.426 e. The molecule has 0 aromatic heterocycles. The number of nitrogens with one attached hydrogen (secondary N) is 4. The first-order chi connectivity index (χ1) is 12.1. The summed E-state index contributed by atoms with van der Waals surface area (Å²) in [6.45, 7) is 8.27. The Bertz CT molecular complexity index is 690. The normalized spacial score (nSPS) is 9.88. The minimum atomic E-state index is -0.654. The SMILES string of the molecule is CCCNC(=N)NC(=O)Nc1c(C)c(OC(C)=O)cc(OC(C)=O)c1C.